The summed E-state index contributed by atoms with van der Waals surface area (Å²) in [5.41, 5.74) is 7.19. The molecular weight excluding hydrogens is 274 g/mol. The summed E-state index contributed by atoms with van der Waals surface area (Å²) in [5, 5.41) is 5.01. The van der Waals surface area contributed by atoms with E-state index in [4.69, 9.17) is 22.1 Å². The maximum Gasteiger partial charge on any atom is 0.0886 e. The van der Waals surface area contributed by atoms with Gasteiger partial charge in [0, 0.05) is 13.2 Å². The first kappa shape index (κ1) is 15.8. The summed E-state index contributed by atoms with van der Waals surface area (Å²) in [6.45, 7) is 4.18. The third-order valence-corrected chi connectivity index (χ3v) is 4.79. The van der Waals surface area contributed by atoms with E-state index in [1.807, 2.05) is 4.68 Å². The normalized spacial score (nSPS) is 20.9. The minimum atomic E-state index is -0.313. The maximum atomic E-state index is 6.60. The van der Waals surface area contributed by atoms with Crippen molar-refractivity contribution < 1.29 is 4.74 Å². The van der Waals surface area contributed by atoms with Crippen LogP contribution in [0.15, 0.2) is 6.20 Å². The van der Waals surface area contributed by atoms with Crippen molar-refractivity contribution in [3.05, 3.63) is 16.9 Å². The molecule has 0 bridgehead atoms. The zero-order chi connectivity index (χ0) is 14.8. The van der Waals surface area contributed by atoms with Gasteiger partial charge in [-0.25, -0.2) is 0 Å². The lowest BCUT2D eigenvalue weighted by Crippen LogP contribution is -2.44. The van der Waals surface area contributed by atoms with Crippen LogP contribution in [-0.2, 0) is 4.74 Å². The predicted octanol–water partition coefficient (Wildman–Crippen LogP) is 3.86. The zero-order valence-electron chi connectivity index (χ0n) is 12.7. The van der Waals surface area contributed by atoms with Crippen molar-refractivity contribution in [2.75, 3.05) is 7.11 Å². The molecule has 1 aliphatic carbocycles. The van der Waals surface area contributed by atoms with E-state index < -0.39 is 0 Å². The minimum Gasteiger partial charge on any atom is -0.376 e. The van der Waals surface area contributed by atoms with Crippen LogP contribution in [0, 0.1) is 0 Å². The first-order valence-corrected chi connectivity index (χ1v) is 7.93. The average Bonchev–Trinajstić information content (AvgIpc) is 2.66. The number of hydrogen-bond acceptors (Lipinski definition) is 3. The molecule has 1 saturated carbocycles. The molecule has 0 amide bonds. The molecule has 1 atom stereocenters. The predicted molar refractivity (Wildman–Crippen MR) is 82.0 cm³/mol. The van der Waals surface area contributed by atoms with E-state index in [0.717, 1.165) is 31.4 Å². The summed E-state index contributed by atoms with van der Waals surface area (Å²) < 4.78 is 7.84. The average molecular weight is 300 g/mol. The topological polar surface area (TPSA) is 53.1 Å². The number of rotatable bonds is 4. The Kier molecular flexibility index (Phi) is 5.10. The number of hydrogen-bond donors (Lipinski definition) is 1. The largest absolute Gasteiger partial charge is 0.376 e. The number of methoxy groups -OCH3 is 1. The summed E-state index contributed by atoms with van der Waals surface area (Å²) in [5.74, 6) is 0. The Bertz CT molecular complexity index is 436. The number of ether oxygens (including phenoxy) is 1. The molecule has 1 aliphatic rings. The Balaban J connectivity index is 2.37. The van der Waals surface area contributed by atoms with Gasteiger partial charge in [-0.2, -0.15) is 5.10 Å². The Morgan fingerprint density at radius 3 is 2.40 bits per heavy atom. The molecule has 1 heterocycles. The summed E-state index contributed by atoms with van der Waals surface area (Å²) >= 11 is 6.34. The highest BCUT2D eigenvalue weighted by atomic mass is 35.5. The standard InChI is InChI=1S/C15H26ClN3O/c1-11(2)19-13(12(16)10-18-19)14(17)15(20-3)8-6-4-5-7-9-15/h10-11,14H,4-9,17H2,1-3H3. The van der Waals surface area contributed by atoms with E-state index in [0.29, 0.717) is 5.02 Å². The van der Waals surface area contributed by atoms with E-state index in [1.54, 1.807) is 13.3 Å². The number of nitrogens with zero attached hydrogens (tertiary/aromatic N) is 2. The molecule has 0 aromatic carbocycles. The molecule has 1 aromatic rings. The Morgan fingerprint density at radius 2 is 1.90 bits per heavy atom. The van der Waals surface area contributed by atoms with Crippen molar-refractivity contribution >= 4 is 11.6 Å². The fourth-order valence-corrected chi connectivity index (χ4v) is 3.52. The first-order valence-electron chi connectivity index (χ1n) is 7.55. The van der Waals surface area contributed by atoms with Crippen molar-refractivity contribution in [3.8, 4) is 0 Å². The molecule has 2 N–H and O–H groups in total. The molecule has 2 rings (SSSR count). The van der Waals surface area contributed by atoms with E-state index in [2.05, 4.69) is 18.9 Å². The van der Waals surface area contributed by atoms with Crippen molar-refractivity contribution in [1.29, 1.82) is 0 Å². The third-order valence-electron chi connectivity index (χ3n) is 4.49. The van der Waals surface area contributed by atoms with Gasteiger partial charge in [0.05, 0.1) is 28.6 Å². The highest BCUT2D eigenvalue weighted by molar-refractivity contribution is 6.31. The van der Waals surface area contributed by atoms with Crippen LogP contribution < -0.4 is 5.73 Å². The highest BCUT2D eigenvalue weighted by Crippen LogP contribution is 2.41. The van der Waals surface area contributed by atoms with Gasteiger partial charge in [-0.15, -0.1) is 0 Å². The van der Waals surface area contributed by atoms with Crippen molar-refractivity contribution in [2.24, 2.45) is 5.73 Å². The molecule has 4 nitrogen and oxygen atoms in total. The SMILES string of the molecule is COC1(C(N)c2c(Cl)cnn2C(C)C)CCCCCC1. The lowest BCUT2D eigenvalue weighted by atomic mass is 9.84. The molecule has 0 radical (unpaired) electrons. The molecule has 0 aliphatic heterocycles. The number of aromatic nitrogens is 2. The van der Waals surface area contributed by atoms with Gasteiger partial charge >= 0.3 is 0 Å². The van der Waals surface area contributed by atoms with Crippen LogP contribution in [0.2, 0.25) is 5.02 Å². The number of nitrogens with two attached hydrogens (primary N) is 1. The summed E-state index contributed by atoms with van der Waals surface area (Å²) in [4.78, 5) is 0. The zero-order valence-corrected chi connectivity index (χ0v) is 13.5. The van der Waals surface area contributed by atoms with Gasteiger partial charge in [0.1, 0.15) is 0 Å². The summed E-state index contributed by atoms with van der Waals surface area (Å²) in [6, 6.07) is 0.00577. The van der Waals surface area contributed by atoms with Crippen molar-refractivity contribution in [3.63, 3.8) is 0 Å². The fourth-order valence-electron chi connectivity index (χ4n) is 3.27. The van der Waals surface area contributed by atoms with Crippen LogP contribution in [0.3, 0.4) is 0 Å². The molecular formula is C15H26ClN3O. The summed E-state index contributed by atoms with van der Waals surface area (Å²) in [7, 11) is 1.77. The molecule has 1 unspecified atom stereocenters. The fraction of sp³-hybridized carbons (Fsp3) is 0.800. The Labute approximate surface area is 126 Å². The van der Waals surface area contributed by atoms with E-state index in [9.17, 15) is 0 Å². The molecule has 5 heteroatoms. The highest BCUT2D eigenvalue weighted by Gasteiger charge is 2.40. The lowest BCUT2D eigenvalue weighted by molar-refractivity contribution is -0.0462. The quantitative estimate of drug-likeness (QED) is 0.859. The van der Waals surface area contributed by atoms with E-state index >= 15 is 0 Å². The van der Waals surface area contributed by atoms with Crippen LogP contribution in [0.4, 0.5) is 0 Å². The van der Waals surface area contributed by atoms with Crippen LogP contribution in [0.25, 0.3) is 0 Å². The van der Waals surface area contributed by atoms with Crippen molar-refractivity contribution in [1.82, 2.24) is 9.78 Å². The van der Waals surface area contributed by atoms with Crippen LogP contribution in [0.1, 0.15) is 70.2 Å². The molecule has 0 saturated heterocycles. The van der Waals surface area contributed by atoms with Gasteiger partial charge in [-0.1, -0.05) is 37.3 Å². The van der Waals surface area contributed by atoms with Gasteiger partial charge in [-0.05, 0) is 26.7 Å². The van der Waals surface area contributed by atoms with Gasteiger partial charge < -0.3 is 10.5 Å². The van der Waals surface area contributed by atoms with Gasteiger partial charge in [0.15, 0.2) is 0 Å². The van der Waals surface area contributed by atoms with E-state index in [1.165, 1.54) is 12.8 Å². The lowest BCUT2D eigenvalue weighted by Gasteiger charge is -2.37. The molecule has 1 fully saturated rings. The molecule has 0 spiro atoms. The monoisotopic (exact) mass is 299 g/mol. The van der Waals surface area contributed by atoms with Crippen LogP contribution in [-0.4, -0.2) is 22.5 Å². The maximum absolute atomic E-state index is 6.60. The number of halogens is 1. The second kappa shape index (κ2) is 6.46. The second-order valence-corrected chi connectivity index (χ2v) is 6.48. The van der Waals surface area contributed by atoms with Gasteiger partial charge in [0.25, 0.3) is 0 Å². The molecule has 1 aromatic heterocycles. The van der Waals surface area contributed by atoms with Crippen molar-refractivity contribution in [2.45, 2.75) is 70.1 Å². The van der Waals surface area contributed by atoms with Crippen LogP contribution in [0.5, 0.6) is 0 Å². The van der Waals surface area contributed by atoms with Gasteiger partial charge in [0.2, 0.25) is 0 Å². The molecule has 20 heavy (non-hydrogen) atoms. The smallest absolute Gasteiger partial charge is 0.0886 e. The minimum absolute atomic E-state index is 0.233. The second-order valence-electron chi connectivity index (χ2n) is 6.08. The first-order chi connectivity index (χ1) is 9.52. The van der Waals surface area contributed by atoms with Gasteiger partial charge in [-0.3, -0.25) is 4.68 Å². The van der Waals surface area contributed by atoms with E-state index in [-0.39, 0.29) is 17.7 Å². The molecule has 114 valence electrons. The summed E-state index contributed by atoms with van der Waals surface area (Å²) in [6.07, 6.45) is 8.51. The van der Waals surface area contributed by atoms with Crippen LogP contribution >= 0.6 is 11.6 Å². The Hall–Kier alpha value is -0.580. The third kappa shape index (κ3) is 2.87. The Morgan fingerprint density at radius 1 is 1.30 bits per heavy atom.